The van der Waals surface area contributed by atoms with Crippen molar-refractivity contribution in [1.82, 2.24) is 4.98 Å². The second kappa shape index (κ2) is 3.21. The molecule has 72 valence electrons. The Morgan fingerprint density at radius 1 is 1.69 bits per heavy atom. The van der Waals surface area contributed by atoms with Crippen LogP contribution in [0.2, 0.25) is 0 Å². The van der Waals surface area contributed by atoms with Crippen LogP contribution in [0.3, 0.4) is 0 Å². The van der Waals surface area contributed by atoms with Gasteiger partial charge in [-0.2, -0.15) is 0 Å². The number of anilines is 2. The summed E-state index contributed by atoms with van der Waals surface area (Å²) < 4.78 is 0. The van der Waals surface area contributed by atoms with Crippen LogP contribution in [-0.4, -0.2) is 16.4 Å². The number of hydrogen-bond donors (Lipinski definition) is 3. The van der Waals surface area contributed by atoms with E-state index in [4.69, 9.17) is 11.5 Å². The number of nitrogens with zero attached hydrogens (tertiary/aromatic N) is 1. The highest BCUT2D eigenvalue weighted by Gasteiger charge is 2.25. The lowest BCUT2D eigenvalue weighted by Gasteiger charge is -2.21. The number of rotatable bonds is 3. The number of thiazole rings is 1. The van der Waals surface area contributed by atoms with Gasteiger partial charge in [-0.15, -0.1) is 0 Å². The molecule has 1 heterocycles. The van der Waals surface area contributed by atoms with Crippen LogP contribution < -0.4 is 16.8 Å². The molecule has 0 aromatic carbocycles. The van der Waals surface area contributed by atoms with E-state index in [9.17, 15) is 4.79 Å². The molecule has 5 nitrogen and oxygen atoms in total. The average Bonchev–Trinajstić information content (AvgIpc) is 2.34. The zero-order valence-corrected chi connectivity index (χ0v) is 8.31. The van der Waals surface area contributed by atoms with Crippen molar-refractivity contribution in [2.24, 2.45) is 5.73 Å². The highest BCUT2D eigenvalue weighted by molar-refractivity contribution is 7.19. The lowest BCUT2D eigenvalue weighted by atomic mass is 10.1. The third kappa shape index (κ3) is 2.32. The fourth-order valence-corrected chi connectivity index (χ4v) is 1.41. The minimum atomic E-state index is -0.801. The quantitative estimate of drug-likeness (QED) is 0.658. The van der Waals surface area contributed by atoms with E-state index >= 15 is 0 Å². The van der Waals surface area contributed by atoms with E-state index in [2.05, 4.69) is 10.3 Å². The van der Waals surface area contributed by atoms with Crippen molar-refractivity contribution < 1.29 is 4.79 Å². The lowest BCUT2D eigenvalue weighted by Crippen LogP contribution is -2.44. The molecule has 0 saturated carbocycles. The molecule has 0 saturated heterocycles. The van der Waals surface area contributed by atoms with Crippen LogP contribution in [0.1, 0.15) is 13.8 Å². The fraction of sp³-hybridized carbons (Fsp3) is 0.429. The number of carbonyl (C=O) groups excluding carboxylic acids is 1. The van der Waals surface area contributed by atoms with Crippen molar-refractivity contribution in [2.45, 2.75) is 19.4 Å². The standard InChI is InChI=1S/C7H12N4OS/c1-7(2,5(9)12)11-6-10-3-4(8)13-6/h3H,8H2,1-2H3,(H2,9,12)(H,10,11). The van der Waals surface area contributed by atoms with Crippen molar-refractivity contribution in [2.75, 3.05) is 11.1 Å². The Morgan fingerprint density at radius 3 is 2.69 bits per heavy atom. The van der Waals surface area contributed by atoms with Crippen LogP contribution in [0.15, 0.2) is 6.20 Å². The number of nitrogen functional groups attached to an aromatic ring is 1. The predicted octanol–water partition coefficient (Wildman–Crippen LogP) is 0.401. The minimum absolute atomic E-state index is 0.429. The average molecular weight is 200 g/mol. The maximum Gasteiger partial charge on any atom is 0.242 e. The Hall–Kier alpha value is -1.30. The van der Waals surface area contributed by atoms with Gasteiger partial charge in [0.15, 0.2) is 5.13 Å². The Bertz CT molecular complexity index is 320. The smallest absolute Gasteiger partial charge is 0.242 e. The second-order valence-corrected chi connectivity index (χ2v) is 4.24. The van der Waals surface area contributed by atoms with Gasteiger partial charge in [0.25, 0.3) is 0 Å². The number of primary amides is 1. The normalized spacial score (nSPS) is 11.2. The molecule has 0 aliphatic heterocycles. The molecular weight excluding hydrogens is 188 g/mol. The molecule has 13 heavy (non-hydrogen) atoms. The number of carbonyl (C=O) groups is 1. The third-order valence-electron chi connectivity index (χ3n) is 1.56. The Kier molecular flexibility index (Phi) is 2.42. The van der Waals surface area contributed by atoms with E-state index in [0.29, 0.717) is 10.1 Å². The molecule has 1 rings (SSSR count). The summed E-state index contributed by atoms with van der Waals surface area (Å²) in [5.74, 6) is -0.429. The molecule has 0 fully saturated rings. The van der Waals surface area contributed by atoms with Crippen LogP contribution in [0, 0.1) is 0 Å². The molecule has 0 radical (unpaired) electrons. The van der Waals surface area contributed by atoms with Gasteiger partial charge >= 0.3 is 0 Å². The zero-order valence-electron chi connectivity index (χ0n) is 7.50. The number of nitrogens with one attached hydrogen (secondary N) is 1. The van der Waals surface area contributed by atoms with Gasteiger partial charge in [-0.3, -0.25) is 4.79 Å². The molecule has 1 aromatic heterocycles. The highest BCUT2D eigenvalue weighted by Crippen LogP contribution is 2.22. The molecular formula is C7H12N4OS. The molecule has 6 heteroatoms. The van der Waals surface area contributed by atoms with Crippen molar-refractivity contribution >= 4 is 27.4 Å². The van der Waals surface area contributed by atoms with Crippen molar-refractivity contribution in [3.05, 3.63) is 6.20 Å². The number of nitrogens with two attached hydrogens (primary N) is 2. The van der Waals surface area contributed by atoms with Crippen LogP contribution in [0.25, 0.3) is 0 Å². The van der Waals surface area contributed by atoms with Gasteiger partial charge in [-0.25, -0.2) is 4.98 Å². The Labute approximate surface area is 80.1 Å². The molecule has 0 atom stereocenters. The van der Waals surface area contributed by atoms with Crippen molar-refractivity contribution in [3.8, 4) is 0 Å². The van der Waals surface area contributed by atoms with Crippen LogP contribution >= 0.6 is 11.3 Å². The van der Waals surface area contributed by atoms with Crippen LogP contribution in [0.4, 0.5) is 10.1 Å². The van der Waals surface area contributed by atoms with Crippen LogP contribution in [-0.2, 0) is 4.79 Å². The van der Waals surface area contributed by atoms with E-state index in [0.717, 1.165) is 0 Å². The summed E-state index contributed by atoms with van der Waals surface area (Å²) in [6.45, 7) is 3.37. The number of aromatic nitrogens is 1. The van der Waals surface area contributed by atoms with E-state index in [1.165, 1.54) is 17.5 Å². The summed E-state index contributed by atoms with van der Waals surface area (Å²) in [5.41, 5.74) is 9.84. The van der Waals surface area contributed by atoms with Gasteiger partial charge in [-0.05, 0) is 13.8 Å². The molecule has 1 amide bonds. The first-order chi connectivity index (χ1) is 5.92. The maximum atomic E-state index is 10.9. The third-order valence-corrected chi connectivity index (χ3v) is 2.30. The predicted molar refractivity (Wildman–Crippen MR) is 53.4 cm³/mol. The summed E-state index contributed by atoms with van der Waals surface area (Å²) in [6, 6.07) is 0. The molecule has 1 aromatic rings. The molecule has 0 aliphatic rings. The maximum absolute atomic E-state index is 10.9. The van der Waals surface area contributed by atoms with Gasteiger partial charge < -0.3 is 16.8 Å². The minimum Gasteiger partial charge on any atom is -0.389 e. The van der Waals surface area contributed by atoms with Gasteiger partial charge in [0, 0.05) is 0 Å². The summed E-state index contributed by atoms with van der Waals surface area (Å²) >= 11 is 1.28. The largest absolute Gasteiger partial charge is 0.389 e. The number of hydrogen-bond acceptors (Lipinski definition) is 5. The first-order valence-corrected chi connectivity index (χ1v) is 4.53. The van der Waals surface area contributed by atoms with Gasteiger partial charge in [0.1, 0.15) is 10.5 Å². The lowest BCUT2D eigenvalue weighted by molar-refractivity contribution is -0.121. The highest BCUT2D eigenvalue weighted by atomic mass is 32.1. The summed E-state index contributed by atoms with van der Waals surface area (Å²) in [6.07, 6.45) is 1.53. The Morgan fingerprint density at radius 2 is 2.31 bits per heavy atom. The second-order valence-electron chi connectivity index (χ2n) is 3.18. The Balaban J connectivity index is 2.74. The molecule has 0 spiro atoms. The van der Waals surface area contributed by atoms with E-state index < -0.39 is 11.4 Å². The van der Waals surface area contributed by atoms with Crippen LogP contribution in [0.5, 0.6) is 0 Å². The number of amides is 1. The van der Waals surface area contributed by atoms with E-state index in [1.54, 1.807) is 13.8 Å². The summed E-state index contributed by atoms with van der Waals surface area (Å²) in [5, 5.41) is 4.09. The fourth-order valence-electron chi connectivity index (χ4n) is 0.673. The van der Waals surface area contributed by atoms with E-state index in [-0.39, 0.29) is 0 Å². The summed E-state index contributed by atoms with van der Waals surface area (Å²) in [7, 11) is 0. The van der Waals surface area contributed by atoms with Gasteiger partial charge in [0.05, 0.1) is 6.20 Å². The zero-order chi connectivity index (χ0) is 10.1. The molecule has 0 unspecified atom stereocenters. The SMILES string of the molecule is CC(C)(Nc1ncc(N)s1)C(N)=O. The van der Waals surface area contributed by atoms with Gasteiger partial charge in [0.2, 0.25) is 5.91 Å². The first kappa shape index (κ1) is 9.79. The molecule has 0 aliphatic carbocycles. The topological polar surface area (TPSA) is 94.0 Å². The van der Waals surface area contributed by atoms with Gasteiger partial charge in [-0.1, -0.05) is 11.3 Å². The monoisotopic (exact) mass is 200 g/mol. The van der Waals surface area contributed by atoms with Crippen molar-refractivity contribution in [3.63, 3.8) is 0 Å². The van der Waals surface area contributed by atoms with Crippen molar-refractivity contribution in [1.29, 1.82) is 0 Å². The van der Waals surface area contributed by atoms with E-state index in [1.807, 2.05) is 0 Å². The first-order valence-electron chi connectivity index (χ1n) is 3.71. The summed E-state index contributed by atoms with van der Waals surface area (Å²) in [4.78, 5) is 14.9. The molecule has 0 bridgehead atoms. The molecule has 5 N–H and O–H groups in total.